The summed E-state index contributed by atoms with van der Waals surface area (Å²) >= 11 is 0. The molecule has 14 heavy (non-hydrogen) atoms. The fourth-order valence-corrected chi connectivity index (χ4v) is 1.32. The first kappa shape index (κ1) is 8.74. The maximum atomic E-state index is 5.15. The summed E-state index contributed by atoms with van der Waals surface area (Å²) in [5.41, 5.74) is 1.98. The van der Waals surface area contributed by atoms with Gasteiger partial charge < -0.3 is 9.26 Å². The quantitative estimate of drug-likeness (QED) is 0.727. The molecule has 0 N–H and O–H groups in total. The minimum atomic E-state index is 0.593. The molecule has 4 heteroatoms. The Morgan fingerprint density at radius 1 is 1.36 bits per heavy atom. The molecule has 2 rings (SSSR count). The molecular formula is C10H10N2O2. The van der Waals surface area contributed by atoms with E-state index >= 15 is 0 Å². The molecular weight excluding hydrogens is 180 g/mol. The van der Waals surface area contributed by atoms with Gasteiger partial charge in [0.2, 0.25) is 12.2 Å². The minimum Gasteiger partial charge on any atom is -0.496 e. The van der Waals surface area contributed by atoms with Gasteiger partial charge in [-0.05, 0) is 30.7 Å². The lowest BCUT2D eigenvalue weighted by atomic mass is 10.1. The molecule has 0 aliphatic carbocycles. The molecule has 4 nitrogen and oxygen atoms in total. The van der Waals surface area contributed by atoms with Gasteiger partial charge in [0.15, 0.2) is 0 Å². The molecule has 0 bridgehead atoms. The molecule has 2 aromatic rings. The first-order valence-corrected chi connectivity index (χ1v) is 4.22. The van der Waals surface area contributed by atoms with Crippen LogP contribution < -0.4 is 4.74 Å². The van der Waals surface area contributed by atoms with Crippen LogP contribution in [0, 0.1) is 6.92 Å². The van der Waals surface area contributed by atoms with E-state index in [0.717, 1.165) is 16.9 Å². The van der Waals surface area contributed by atoms with Gasteiger partial charge in [0, 0.05) is 5.56 Å². The average molecular weight is 190 g/mol. The molecule has 1 aromatic carbocycles. The Hall–Kier alpha value is -1.84. The number of rotatable bonds is 2. The molecule has 0 saturated carbocycles. The highest BCUT2D eigenvalue weighted by Crippen LogP contribution is 2.23. The molecule has 0 amide bonds. The van der Waals surface area contributed by atoms with Crippen LogP contribution in [0.5, 0.6) is 5.75 Å². The van der Waals surface area contributed by atoms with Gasteiger partial charge >= 0.3 is 0 Å². The Balaban J connectivity index is 2.43. The second-order valence-electron chi connectivity index (χ2n) is 2.94. The molecule has 0 aliphatic heterocycles. The Labute approximate surface area is 81.5 Å². The van der Waals surface area contributed by atoms with Crippen molar-refractivity contribution < 1.29 is 9.26 Å². The maximum absolute atomic E-state index is 5.15. The van der Waals surface area contributed by atoms with Gasteiger partial charge in [-0.3, -0.25) is 0 Å². The highest BCUT2D eigenvalue weighted by Gasteiger charge is 2.05. The van der Waals surface area contributed by atoms with E-state index in [-0.39, 0.29) is 0 Å². The summed E-state index contributed by atoms with van der Waals surface area (Å²) in [7, 11) is 1.65. The van der Waals surface area contributed by atoms with Crippen LogP contribution in [0.3, 0.4) is 0 Å². The molecule has 0 radical (unpaired) electrons. The van der Waals surface area contributed by atoms with Crippen LogP contribution >= 0.6 is 0 Å². The monoisotopic (exact) mass is 190 g/mol. The second kappa shape index (κ2) is 3.49. The highest BCUT2D eigenvalue weighted by molar-refractivity contribution is 5.57. The van der Waals surface area contributed by atoms with Crippen molar-refractivity contribution in [1.29, 1.82) is 0 Å². The number of hydrogen-bond donors (Lipinski definition) is 0. The van der Waals surface area contributed by atoms with E-state index in [9.17, 15) is 0 Å². The third kappa shape index (κ3) is 1.46. The molecule has 72 valence electrons. The van der Waals surface area contributed by atoms with Crippen molar-refractivity contribution in [2.45, 2.75) is 6.92 Å². The lowest BCUT2D eigenvalue weighted by Gasteiger charge is -2.04. The molecule has 0 unspecified atom stereocenters. The van der Waals surface area contributed by atoms with Crippen LogP contribution in [0.15, 0.2) is 29.1 Å². The molecule has 1 heterocycles. The van der Waals surface area contributed by atoms with Crippen molar-refractivity contribution in [2.24, 2.45) is 0 Å². The number of nitrogens with zero attached hydrogens (tertiary/aromatic N) is 2. The van der Waals surface area contributed by atoms with Crippen molar-refractivity contribution in [2.75, 3.05) is 7.11 Å². The fraction of sp³-hybridized carbons (Fsp3) is 0.200. The van der Waals surface area contributed by atoms with E-state index in [1.165, 1.54) is 6.39 Å². The maximum Gasteiger partial charge on any atom is 0.214 e. The Kier molecular flexibility index (Phi) is 2.18. The largest absolute Gasteiger partial charge is 0.496 e. The van der Waals surface area contributed by atoms with Gasteiger partial charge in [-0.1, -0.05) is 5.16 Å². The summed E-state index contributed by atoms with van der Waals surface area (Å²) in [6.07, 6.45) is 1.31. The Bertz CT molecular complexity index is 424. The van der Waals surface area contributed by atoms with Gasteiger partial charge in [0.1, 0.15) is 5.75 Å². The lowest BCUT2D eigenvalue weighted by molar-refractivity contribution is 0.411. The van der Waals surface area contributed by atoms with E-state index < -0.39 is 0 Å². The van der Waals surface area contributed by atoms with Crippen LogP contribution in [0.25, 0.3) is 11.4 Å². The van der Waals surface area contributed by atoms with Crippen LogP contribution in [-0.2, 0) is 0 Å². The first-order chi connectivity index (χ1) is 6.81. The Morgan fingerprint density at radius 2 is 2.21 bits per heavy atom. The predicted octanol–water partition coefficient (Wildman–Crippen LogP) is 2.05. The summed E-state index contributed by atoms with van der Waals surface area (Å²) in [6, 6.07) is 5.75. The average Bonchev–Trinajstić information content (AvgIpc) is 2.70. The van der Waals surface area contributed by atoms with Crippen molar-refractivity contribution in [1.82, 2.24) is 10.1 Å². The van der Waals surface area contributed by atoms with Gasteiger partial charge in [0.05, 0.1) is 7.11 Å². The zero-order chi connectivity index (χ0) is 9.97. The number of aromatic nitrogens is 2. The third-order valence-corrected chi connectivity index (χ3v) is 2.01. The van der Waals surface area contributed by atoms with Gasteiger partial charge in [-0.2, -0.15) is 4.98 Å². The van der Waals surface area contributed by atoms with E-state index in [4.69, 9.17) is 4.74 Å². The molecule has 0 atom stereocenters. The number of hydrogen-bond acceptors (Lipinski definition) is 4. The van der Waals surface area contributed by atoms with Crippen molar-refractivity contribution in [3.63, 3.8) is 0 Å². The van der Waals surface area contributed by atoms with Crippen LogP contribution in [0.1, 0.15) is 5.56 Å². The van der Waals surface area contributed by atoms with Crippen molar-refractivity contribution in [3.05, 3.63) is 30.2 Å². The van der Waals surface area contributed by atoms with E-state index in [2.05, 4.69) is 14.7 Å². The summed E-state index contributed by atoms with van der Waals surface area (Å²) in [6.45, 7) is 1.97. The number of methoxy groups -OCH3 is 1. The van der Waals surface area contributed by atoms with Crippen molar-refractivity contribution >= 4 is 0 Å². The second-order valence-corrected chi connectivity index (χ2v) is 2.94. The number of ether oxygens (including phenoxy) is 1. The summed E-state index contributed by atoms with van der Waals surface area (Å²) < 4.78 is 9.83. The summed E-state index contributed by atoms with van der Waals surface area (Å²) in [5, 5.41) is 3.76. The molecule has 0 spiro atoms. The minimum absolute atomic E-state index is 0.593. The predicted molar refractivity (Wildman–Crippen MR) is 51.0 cm³/mol. The van der Waals surface area contributed by atoms with Gasteiger partial charge in [-0.15, -0.1) is 0 Å². The molecule has 0 aliphatic rings. The Morgan fingerprint density at radius 3 is 2.79 bits per heavy atom. The van der Waals surface area contributed by atoms with Crippen LogP contribution in [0.4, 0.5) is 0 Å². The standard InChI is InChI=1S/C10H10N2O2/c1-7-5-8(3-4-9(7)13-2)10-11-6-14-12-10/h3-6H,1-2H3. The third-order valence-electron chi connectivity index (χ3n) is 2.01. The van der Waals surface area contributed by atoms with Gasteiger partial charge in [0.25, 0.3) is 0 Å². The van der Waals surface area contributed by atoms with E-state index in [0.29, 0.717) is 5.82 Å². The smallest absolute Gasteiger partial charge is 0.214 e. The van der Waals surface area contributed by atoms with Crippen LogP contribution in [0.2, 0.25) is 0 Å². The van der Waals surface area contributed by atoms with Crippen molar-refractivity contribution in [3.8, 4) is 17.1 Å². The SMILES string of the molecule is COc1ccc(-c2ncon2)cc1C. The summed E-state index contributed by atoms with van der Waals surface area (Å²) in [4.78, 5) is 3.96. The van der Waals surface area contributed by atoms with E-state index in [1.54, 1.807) is 7.11 Å². The zero-order valence-electron chi connectivity index (χ0n) is 8.02. The zero-order valence-corrected chi connectivity index (χ0v) is 8.02. The number of benzene rings is 1. The topological polar surface area (TPSA) is 48.2 Å². The highest BCUT2D eigenvalue weighted by atomic mass is 16.5. The first-order valence-electron chi connectivity index (χ1n) is 4.22. The molecule has 1 aromatic heterocycles. The number of aryl methyl sites for hydroxylation is 1. The molecule has 0 fully saturated rings. The lowest BCUT2D eigenvalue weighted by Crippen LogP contribution is -1.88. The van der Waals surface area contributed by atoms with E-state index in [1.807, 2.05) is 25.1 Å². The fourth-order valence-electron chi connectivity index (χ4n) is 1.32. The van der Waals surface area contributed by atoms with Crippen LogP contribution in [-0.4, -0.2) is 17.3 Å². The normalized spacial score (nSPS) is 10.1. The molecule has 0 saturated heterocycles. The van der Waals surface area contributed by atoms with Gasteiger partial charge in [-0.25, -0.2) is 0 Å². The summed E-state index contributed by atoms with van der Waals surface area (Å²) in [5.74, 6) is 1.45.